The molecule has 0 amide bonds. The van der Waals surface area contributed by atoms with Gasteiger partial charge in [0.15, 0.2) is 11.5 Å². The normalized spacial score (nSPS) is 10.8. The van der Waals surface area contributed by atoms with Crippen LogP contribution in [0.3, 0.4) is 0 Å². The monoisotopic (exact) mass is 319 g/mol. The molecule has 2 aromatic carbocycles. The standard InChI is InChI=1S/C18H22ClNO2/c1-4-20(12-14-6-5-7-16(19)10-14)13-15-8-9-17(21-2)18(11-15)22-3/h5-11H,4,12-13H2,1-3H3. The second-order valence-electron chi connectivity index (χ2n) is 5.12. The number of hydrogen-bond acceptors (Lipinski definition) is 3. The van der Waals surface area contributed by atoms with Gasteiger partial charge < -0.3 is 9.47 Å². The van der Waals surface area contributed by atoms with Crippen molar-refractivity contribution in [1.29, 1.82) is 0 Å². The van der Waals surface area contributed by atoms with Crippen LogP contribution in [0.25, 0.3) is 0 Å². The van der Waals surface area contributed by atoms with Crippen molar-refractivity contribution in [1.82, 2.24) is 4.90 Å². The molecular weight excluding hydrogens is 298 g/mol. The maximum absolute atomic E-state index is 6.06. The molecule has 2 aromatic rings. The number of benzene rings is 2. The van der Waals surface area contributed by atoms with Crippen LogP contribution in [0.2, 0.25) is 5.02 Å². The Balaban J connectivity index is 2.09. The molecule has 0 heterocycles. The maximum Gasteiger partial charge on any atom is 0.161 e. The molecule has 0 radical (unpaired) electrons. The number of rotatable bonds is 7. The largest absolute Gasteiger partial charge is 0.493 e. The van der Waals surface area contributed by atoms with E-state index in [-0.39, 0.29) is 0 Å². The van der Waals surface area contributed by atoms with Crippen LogP contribution in [0, 0.1) is 0 Å². The van der Waals surface area contributed by atoms with Crippen molar-refractivity contribution < 1.29 is 9.47 Å². The van der Waals surface area contributed by atoms with E-state index in [1.807, 2.05) is 30.3 Å². The minimum atomic E-state index is 0.754. The van der Waals surface area contributed by atoms with Crippen LogP contribution >= 0.6 is 11.6 Å². The van der Waals surface area contributed by atoms with Crippen molar-refractivity contribution in [3.8, 4) is 11.5 Å². The molecule has 0 aliphatic carbocycles. The zero-order valence-corrected chi connectivity index (χ0v) is 14.1. The van der Waals surface area contributed by atoms with Crippen LogP contribution < -0.4 is 9.47 Å². The van der Waals surface area contributed by atoms with Crippen molar-refractivity contribution in [3.05, 3.63) is 58.6 Å². The van der Waals surface area contributed by atoms with Gasteiger partial charge in [0, 0.05) is 18.1 Å². The molecule has 0 fully saturated rings. The molecule has 0 N–H and O–H groups in total. The lowest BCUT2D eigenvalue weighted by molar-refractivity contribution is 0.270. The molecule has 2 rings (SSSR count). The Kier molecular flexibility index (Phi) is 6.10. The first-order valence-corrected chi connectivity index (χ1v) is 7.71. The molecule has 4 heteroatoms. The highest BCUT2D eigenvalue weighted by molar-refractivity contribution is 6.30. The first-order chi connectivity index (χ1) is 10.7. The van der Waals surface area contributed by atoms with Crippen molar-refractivity contribution >= 4 is 11.6 Å². The quantitative estimate of drug-likeness (QED) is 0.756. The summed E-state index contributed by atoms with van der Waals surface area (Å²) in [7, 11) is 3.31. The van der Waals surface area contributed by atoms with Gasteiger partial charge in [0.25, 0.3) is 0 Å². The Hall–Kier alpha value is -1.71. The lowest BCUT2D eigenvalue weighted by atomic mass is 10.1. The van der Waals surface area contributed by atoms with E-state index in [2.05, 4.69) is 24.0 Å². The SMILES string of the molecule is CCN(Cc1cccc(Cl)c1)Cc1ccc(OC)c(OC)c1. The summed E-state index contributed by atoms with van der Waals surface area (Å²) in [6.07, 6.45) is 0. The van der Waals surface area contributed by atoms with Crippen LogP contribution in [0.4, 0.5) is 0 Å². The fourth-order valence-electron chi connectivity index (χ4n) is 2.41. The van der Waals surface area contributed by atoms with Gasteiger partial charge in [-0.2, -0.15) is 0 Å². The van der Waals surface area contributed by atoms with E-state index in [0.717, 1.165) is 36.2 Å². The number of ether oxygens (including phenoxy) is 2. The van der Waals surface area contributed by atoms with E-state index in [4.69, 9.17) is 21.1 Å². The van der Waals surface area contributed by atoms with Gasteiger partial charge in [-0.15, -0.1) is 0 Å². The van der Waals surface area contributed by atoms with Crippen molar-refractivity contribution in [2.24, 2.45) is 0 Å². The summed E-state index contributed by atoms with van der Waals surface area (Å²) in [6.45, 7) is 4.83. The Morgan fingerprint density at radius 2 is 1.59 bits per heavy atom. The Labute approximate surface area is 137 Å². The first kappa shape index (κ1) is 16.7. The smallest absolute Gasteiger partial charge is 0.161 e. The number of nitrogens with zero attached hydrogens (tertiary/aromatic N) is 1. The highest BCUT2D eigenvalue weighted by atomic mass is 35.5. The maximum atomic E-state index is 6.06. The van der Waals surface area contributed by atoms with Crippen LogP contribution in [-0.2, 0) is 13.1 Å². The minimum absolute atomic E-state index is 0.754. The van der Waals surface area contributed by atoms with E-state index in [9.17, 15) is 0 Å². The predicted octanol–water partition coefficient (Wildman–Crippen LogP) is 4.38. The zero-order chi connectivity index (χ0) is 15.9. The van der Waals surface area contributed by atoms with Gasteiger partial charge >= 0.3 is 0 Å². The molecule has 0 saturated carbocycles. The van der Waals surface area contributed by atoms with Gasteiger partial charge in [0.1, 0.15) is 0 Å². The van der Waals surface area contributed by atoms with E-state index in [0.29, 0.717) is 0 Å². The molecule has 0 saturated heterocycles. The summed E-state index contributed by atoms with van der Waals surface area (Å²) in [4.78, 5) is 2.35. The highest BCUT2D eigenvalue weighted by Gasteiger charge is 2.09. The lowest BCUT2D eigenvalue weighted by Gasteiger charge is -2.21. The summed E-state index contributed by atoms with van der Waals surface area (Å²) >= 11 is 6.06. The van der Waals surface area contributed by atoms with Crippen LogP contribution in [0.15, 0.2) is 42.5 Å². The predicted molar refractivity (Wildman–Crippen MR) is 90.8 cm³/mol. The number of halogens is 1. The molecule has 22 heavy (non-hydrogen) atoms. The molecule has 0 atom stereocenters. The average Bonchev–Trinajstić information content (AvgIpc) is 2.54. The van der Waals surface area contributed by atoms with Crippen molar-refractivity contribution in [2.75, 3.05) is 20.8 Å². The molecule has 0 bridgehead atoms. The molecular formula is C18H22ClNO2. The van der Waals surface area contributed by atoms with E-state index in [1.54, 1.807) is 14.2 Å². The van der Waals surface area contributed by atoms with Gasteiger partial charge in [0.2, 0.25) is 0 Å². The summed E-state index contributed by atoms with van der Waals surface area (Å²) < 4.78 is 10.6. The minimum Gasteiger partial charge on any atom is -0.493 e. The number of methoxy groups -OCH3 is 2. The summed E-state index contributed by atoms with van der Waals surface area (Å²) in [6, 6.07) is 14.0. The fraction of sp³-hybridized carbons (Fsp3) is 0.333. The third-order valence-electron chi connectivity index (χ3n) is 3.60. The molecule has 0 aromatic heterocycles. The highest BCUT2D eigenvalue weighted by Crippen LogP contribution is 2.28. The van der Waals surface area contributed by atoms with Crippen LogP contribution in [-0.4, -0.2) is 25.7 Å². The Bertz CT molecular complexity index is 616. The zero-order valence-electron chi connectivity index (χ0n) is 13.3. The average molecular weight is 320 g/mol. The first-order valence-electron chi connectivity index (χ1n) is 7.34. The van der Waals surface area contributed by atoms with Crippen LogP contribution in [0.5, 0.6) is 11.5 Å². The second kappa shape index (κ2) is 8.06. The number of hydrogen-bond donors (Lipinski definition) is 0. The third-order valence-corrected chi connectivity index (χ3v) is 3.83. The van der Waals surface area contributed by atoms with Crippen molar-refractivity contribution in [2.45, 2.75) is 20.0 Å². The molecule has 0 aliphatic heterocycles. The molecule has 0 spiro atoms. The lowest BCUT2D eigenvalue weighted by Crippen LogP contribution is -2.22. The molecule has 118 valence electrons. The molecule has 0 aliphatic rings. The van der Waals surface area contributed by atoms with E-state index in [1.165, 1.54) is 11.1 Å². The van der Waals surface area contributed by atoms with Crippen LogP contribution in [0.1, 0.15) is 18.1 Å². The van der Waals surface area contributed by atoms with E-state index >= 15 is 0 Å². The summed E-state index contributed by atoms with van der Waals surface area (Å²) in [5.41, 5.74) is 2.41. The van der Waals surface area contributed by atoms with Gasteiger partial charge in [-0.05, 0) is 41.9 Å². The Morgan fingerprint density at radius 3 is 2.18 bits per heavy atom. The van der Waals surface area contributed by atoms with Crippen molar-refractivity contribution in [3.63, 3.8) is 0 Å². The van der Waals surface area contributed by atoms with E-state index < -0.39 is 0 Å². The van der Waals surface area contributed by atoms with Gasteiger partial charge in [0.05, 0.1) is 14.2 Å². The summed E-state index contributed by atoms with van der Waals surface area (Å²) in [5, 5.41) is 0.777. The van der Waals surface area contributed by atoms with Gasteiger partial charge in [-0.3, -0.25) is 4.90 Å². The Morgan fingerprint density at radius 1 is 0.909 bits per heavy atom. The second-order valence-corrected chi connectivity index (χ2v) is 5.56. The third kappa shape index (κ3) is 4.39. The molecule has 0 unspecified atom stereocenters. The fourth-order valence-corrected chi connectivity index (χ4v) is 2.62. The summed E-state index contributed by atoms with van der Waals surface area (Å²) in [5.74, 6) is 1.52. The molecule has 3 nitrogen and oxygen atoms in total. The van der Waals surface area contributed by atoms with Gasteiger partial charge in [-0.1, -0.05) is 36.7 Å². The topological polar surface area (TPSA) is 21.7 Å². The van der Waals surface area contributed by atoms with Gasteiger partial charge in [-0.25, -0.2) is 0 Å².